The molecular formula is C32H35N3O5. The number of carboxylic acids is 1. The van der Waals surface area contributed by atoms with E-state index < -0.39 is 29.6 Å². The highest BCUT2D eigenvalue weighted by atomic mass is 16.5. The fraction of sp³-hybridized carbons (Fsp3) is 0.344. The second kappa shape index (κ2) is 11.9. The summed E-state index contributed by atoms with van der Waals surface area (Å²) in [6.45, 7) is 3.69. The molecule has 0 bridgehead atoms. The molecule has 40 heavy (non-hydrogen) atoms. The van der Waals surface area contributed by atoms with Gasteiger partial charge < -0.3 is 20.5 Å². The van der Waals surface area contributed by atoms with Crippen molar-refractivity contribution in [1.29, 1.82) is 0 Å². The third-order valence-corrected chi connectivity index (χ3v) is 8.09. The summed E-state index contributed by atoms with van der Waals surface area (Å²) < 4.78 is 5.76. The van der Waals surface area contributed by atoms with E-state index in [-0.39, 0.29) is 18.9 Å². The van der Waals surface area contributed by atoms with E-state index in [0.29, 0.717) is 25.9 Å². The fourth-order valence-corrected chi connectivity index (χ4v) is 5.81. The molecule has 5 rings (SSSR count). The van der Waals surface area contributed by atoms with Crippen LogP contribution in [0.3, 0.4) is 0 Å². The first-order valence-corrected chi connectivity index (χ1v) is 13.8. The minimum atomic E-state index is -1.27. The molecule has 3 aromatic rings. The average Bonchev–Trinajstić information content (AvgIpc) is 3.29. The number of aliphatic carboxylic acids is 1. The van der Waals surface area contributed by atoms with Gasteiger partial charge in [0, 0.05) is 25.6 Å². The first-order valence-electron chi connectivity index (χ1n) is 13.8. The number of likely N-dealkylation sites (tertiary alicyclic amines) is 1. The summed E-state index contributed by atoms with van der Waals surface area (Å²) in [6.07, 6.45) is 0.233. The second-order valence-corrected chi connectivity index (χ2v) is 10.6. The minimum Gasteiger partial charge on any atom is -0.480 e. The Labute approximate surface area is 234 Å². The minimum absolute atomic E-state index is 0.105. The van der Waals surface area contributed by atoms with E-state index in [1.165, 1.54) is 5.56 Å². The van der Waals surface area contributed by atoms with E-state index in [4.69, 9.17) is 4.74 Å². The van der Waals surface area contributed by atoms with Gasteiger partial charge in [0.1, 0.15) is 18.2 Å². The van der Waals surface area contributed by atoms with Gasteiger partial charge in [0.2, 0.25) is 5.91 Å². The van der Waals surface area contributed by atoms with Crippen LogP contribution in [0.5, 0.6) is 0 Å². The molecule has 1 atom stereocenters. The molecule has 1 aliphatic heterocycles. The van der Waals surface area contributed by atoms with Crippen molar-refractivity contribution in [2.75, 3.05) is 19.7 Å². The number of benzene rings is 3. The Morgan fingerprint density at radius 2 is 1.50 bits per heavy atom. The van der Waals surface area contributed by atoms with E-state index >= 15 is 0 Å². The molecular weight excluding hydrogens is 506 g/mol. The van der Waals surface area contributed by atoms with Crippen molar-refractivity contribution in [2.45, 2.75) is 50.2 Å². The number of rotatable bonds is 9. The van der Waals surface area contributed by atoms with Gasteiger partial charge in [-0.2, -0.15) is 0 Å². The van der Waals surface area contributed by atoms with E-state index in [1.54, 1.807) is 6.92 Å². The zero-order valence-electron chi connectivity index (χ0n) is 22.6. The zero-order chi connectivity index (χ0) is 28.1. The predicted molar refractivity (Wildman–Crippen MR) is 152 cm³/mol. The summed E-state index contributed by atoms with van der Waals surface area (Å²) in [7, 11) is 0. The molecule has 0 saturated carbocycles. The van der Waals surface area contributed by atoms with E-state index in [9.17, 15) is 19.5 Å². The first-order chi connectivity index (χ1) is 19.4. The summed E-state index contributed by atoms with van der Waals surface area (Å²) in [5.74, 6) is -1.70. The van der Waals surface area contributed by atoms with Crippen LogP contribution in [-0.4, -0.2) is 59.3 Å². The van der Waals surface area contributed by atoms with Gasteiger partial charge in [-0.25, -0.2) is 9.59 Å². The Kier molecular flexibility index (Phi) is 8.16. The van der Waals surface area contributed by atoms with Crippen LogP contribution >= 0.6 is 0 Å². The Hall–Kier alpha value is -4.17. The zero-order valence-corrected chi connectivity index (χ0v) is 22.6. The van der Waals surface area contributed by atoms with Crippen molar-refractivity contribution >= 4 is 18.0 Å². The van der Waals surface area contributed by atoms with Crippen LogP contribution in [0.25, 0.3) is 11.1 Å². The third kappa shape index (κ3) is 5.72. The molecule has 1 unspecified atom stereocenters. The van der Waals surface area contributed by atoms with Crippen molar-refractivity contribution in [2.24, 2.45) is 0 Å². The number of fused-ring (bicyclic) bond motifs is 3. The number of carboxylic acid groups (broad SMARTS) is 1. The second-order valence-electron chi connectivity index (χ2n) is 10.6. The SMILES string of the molecule is CCC(NC(=O)C1(NC(=O)OCC2c3ccccc3-c3ccccc32)CCN(Cc2ccccc2)CC1)C(=O)O. The van der Waals surface area contributed by atoms with Crippen LogP contribution in [0.2, 0.25) is 0 Å². The fourth-order valence-electron chi connectivity index (χ4n) is 5.81. The highest BCUT2D eigenvalue weighted by Gasteiger charge is 2.44. The van der Waals surface area contributed by atoms with E-state index in [2.05, 4.69) is 51.9 Å². The lowest BCUT2D eigenvalue weighted by molar-refractivity contribution is -0.143. The Morgan fingerprint density at radius 3 is 2.08 bits per heavy atom. The van der Waals surface area contributed by atoms with Crippen LogP contribution in [0.1, 0.15) is 48.8 Å². The van der Waals surface area contributed by atoms with Crippen LogP contribution < -0.4 is 10.6 Å². The first kappa shape index (κ1) is 27.4. The normalized spacial score (nSPS) is 16.8. The van der Waals surface area contributed by atoms with E-state index in [1.807, 2.05) is 42.5 Å². The number of piperidine rings is 1. The van der Waals surface area contributed by atoms with Gasteiger partial charge >= 0.3 is 12.1 Å². The number of amides is 2. The summed E-state index contributed by atoms with van der Waals surface area (Å²) in [6, 6.07) is 25.2. The lowest BCUT2D eigenvalue weighted by Gasteiger charge is -2.41. The number of hydrogen-bond donors (Lipinski definition) is 3. The van der Waals surface area contributed by atoms with Crippen molar-refractivity contribution in [3.05, 3.63) is 95.6 Å². The summed E-state index contributed by atoms with van der Waals surface area (Å²) in [5, 5.41) is 15.0. The van der Waals surface area contributed by atoms with Crippen LogP contribution in [0.15, 0.2) is 78.9 Å². The highest BCUT2D eigenvalue weighted by molar-refractivity contribution is 5.93. The number of carbonyl (C=O) groups excluding carboxylic acids is 2. The van der Waals surface area contributed by atoms with Gasteiger partial charge in [0.25, 0.3) is 0 Å². The van der Waals surface area contributed by atoms with Gasteiger partial charge in [0.05, 0.1) is 0 Å². The lowest BCUT2D eigenvalue weighted by atomic mass is 9.86. The monoisotopic (exact) mass is 541 g/mol. The maximum Gasteiger partial charge on any atom is 0.408 e. The topological polar surface area (TPSA) is 108 Å². The summed E-state index contributed by atoms with van der Waals surface area (Å²) in [5.41, 5.74) is 4.37. The van der Waals surface area contributed by atoms with E-state index in [0.717, 1.165) is 28.8 Å². The molecule has 1 heterocycles. The molecule has 2 amide bonds. The van der Waals surface area contributed by atoms with Gasteiger partial charge in [-0.15, -0.1) is 0 Å². The Morgan fingerprint density at radius 1 is 0.925 bits per heavy atom. The molecule has 1 aliphatic carbocycles. The molecule has 2 aliphatic rings. The maximum absolute atomic E-state index is 13.5. The van der Waals surface area contributed by atoms with Crippen LogP contribution in [0.4, 0.5) is 4.79 Å². The molecule has 1 fully saturated rings. The van der Waals surface area contributed by atoms with Gasteiger partial charge in [-0.05, 0) is 47.1 Å². The standard InChI is InChI=1S/C32H35N3O5/c1-2-28(29(36)37)33-30(38)32(16-18-35(19-17-32)20-22-10-4-3-5-11-22)34-31(39)40-21-27-25-14-8-6-12-23(25)24-13-7-9-15-26(24)27/h3-15,27-28H,2,16-21H2,1H3,(H,33,38)(H,34,39)(H,36,37). The van der Waals surface area contributed by atoms with Crippen molar-refractivity contribution in [3.8, 4) is 11.1 Å². The molecule has 8 nitrogen and oxygen atoms in total. The number of nitrogens with one attached hydrogen (secondary N) is 2. The molecule has 8 heteroatoms. The quantitative estimate of drug-likeness (QED) is 0.367. The number of ether oxygens (including phenoxy) is 1. The molecule has 3 aromatic carbocycles. The number of hydrogen-bond acceptors (Lipinski definition) is 5. The molecule has 0 radical (unpaired) electrons. The molecule has 208 valence electrons. The number of carbonyl (C=O) groups is 3. The average molecular weight is 542 g/mol. The number of alkyl carbamates (subject to hydrolysis) is 1. The third-order valence-electron chi connectivity index (χ3n) is 8.09. The summed E-state index contributed by atoms with van der Waals surface area (Å²) >= 11 is 0. The molecule has 0 spiro atoms. The lowest BCUT2D eigenvalue weighted by Crippen LogP contribution is -2.64. The van der Waals surface area contributed by atoms with Gasteiger partial charge in [-0.1, -0.05) is 85.8 Å². The smallest absolute Gasteiger partial charge is 0.408 e. The van der Waals surface area contributed by atoms with Crippen molar-refractivity contribution in [1.82, 2.24) is 15.5 Å². The predicted octanol–water partition coefficient (Wildman–Crippen LogP) is 4.54. The molecule has 1 saturated heterocycles. The van der Waals surface area contributed by atoms with Crippen LogP contribution in [0, 0.1) is 0 Å². The maximum atomic E-state index is 13.5. The molecule has 0 aromatic heterocycles. The largest absolute Gasteiger partial charge is 0.480 e. The Bertz CT molecular complexity index is 1320. The van der Waals surface area contributed by atoms with Gasteiger partial charge in [-0.3, -0.25) is 9.69 Å². The van der Waals surface area contributed by atoms with Crippen molar-refractivity contribution < 1.29 is 24.2 Å². The Balaban J connectivity index is 1.29. The van der Waals surface area contributed by atoms with Crippen molar-refractivity contribution in [3.63, 3.8) is 0 Å². The van der Waals surface area contributed by atoms with Gasteiger partial charge in [0.15, 0.2) is 0 Å². The van der Waals surface area contributed by atoms with Crippen LogP contribution in [-0.2, 0) is 20.9 Å². The number of nitrogens with zero attached hydrogens (tertiary/aromatic N) is 1. The summed E-state index contributed by atoms with van der Waals surface area (Å²) in [4.78, 5) is 40.6. The highest BCUT2D eigenvalue weighted by Crippen LogP contribution is 2.44. The molecule has 3 N–H and O–H groups in total.